The molecule has 18 heavy (non-hydrogen) atoms. The summed E-state index contributed by atoms with van der Waals surface area (Å²) in [7, 11) is 0. The van der Waals surface area contributed by atoms with Crippen molar-refractivity contribution in [1.29, 1.82) is 0 Å². The van der Waals surface area contributed by atoms with Crippen LogP contribution in [0.25, 0.3) is 0 Å². The zero-order valence-corrected chi connectivity index (χ0v) is 12.1. The first-order valence-corrected chi connectivity index (χ1v) is 7.29. The van der Waals surface area contributed by atoms with E-state index in [0.717, 1.165) is 41.7 Å². The van der Waals surface area contributed by atoms with Gasteiger partial charge < -0.3 is 15.1 Å². The Hall–Kier alpha value is -0.580. The van der Waals surface area contributed by atoms with Gasteiger partial charge in [0.1, 0.15) is 0 Å². The summed E-state index contributed by atoms with van der Waals surface area (Å²) in [6.45, 7) is 2.35. The summed E-state index contributed by atoms with van der Waals surface area (Å²) in [5.74, 6) is 0.568. The van der Waals surface area contributed by atoms with E-state index >= 15 is 0 Å². The highest BCUT2D eigenvalue weighted by Crippen LogP contribution is 2.29. The van der Waals surface area contributed by atoms with E-state index in [1.165, 1.54) is 6.42 Å². The number of aliphatic hydroxyl groups excluding tert-OH is 2. The summed E-state index contributed by atoms with van der Waals surface area (Å²) in [4.78, 5) is 2.34. The van der Waals surface area contributed by atoms with E-state index in [2.05, 4.69) is 26.9 Å². The van der Waals surface area contributed by atoms with Crippen molar-refractivity contribution >= 4 is 21.6 Å². The lowest BCUT2D eigenvalue weighted by molar-refractivity contribution is 0.243. The van der Waals surface area contributed by atoms with Crippen molar-refractivity contribution in [3.05, 3.63) is 28.2 Å². The minimum absolute atomic E-state index is 0.0654. The SMILES string of the molecule is OCCC1CCCN(c2ccc(Br)cc2CO)C1. The van der Waals surface area contributed by atoms with E-state index < -0.39 is 0 Å². The van der Waals surface area contributed by atoms with Gasteiger partial charge >= 0.3 is 0 Å². The Morgan fingerprint density at radius 2 is 2.17 bits per heavy atom. The van der Waals surface area contributed by atoms with Crippen molar-refractivity contribution in [1.82, 2.24) is 0 Å². The molecule has 1 atom stereocenters. The quantitative estimate of drug-likeness (QED) is 0.898. The number of nitrogens with zero attached hydrogens (tertiary/aromatic N) is 1. The van der Waals surface area contributed by atoms with Gasteiger partial charge in [-0.15, -0.1) is 0 Å². The van der Waals surface area contributed by atoms with Gasteiger partial charge in [0.05, 0.1) is 6.61 Å². The Kier molecular flexibility index (Phi) is 5.03. The molecule has 1 unspecified atom stereocenters. The van der Waals surface area contributed by atoms with E-state index in [-0.39, 0.29) is 13.2 Å². The number of piperidine rings is 1. The summed E-state index contributed by atoms with van der Waals surface area (Å²) >= 11 is 3.44. The Labute approximate surface area is 117 Å². The molecule has 1 aromatic rings. The van der Waals surface area contributed by atoms with Gasteiger partial charge in [-0.05, 0) is 43.4 Å². The maximum Gasteiger partial charge on any atom is 0.0702 e. The van der Waals surface area contributed by atoms with Crippen LogP contribution in [0.4, 0.5) is 5.69 Å². The standard InChI is InChI=1S/C14H20BrNO2/c15-13-3-4-14(12(8-13)10-18)16-6-1-2-11(9-16)5-7-17/h3-4,8,11,17-18H,1-2,5-7,9-10H2. The molecule has 0 saturated carbocycles. The second-order valence-electron chi connectivity index (χ2n) is 4.90. The van der Waals surface area contributed by atoms with Crippen molar-refractivity contribution < 1.29 is 10.2 Å². The lowest BCUT2D eigenvalue weighted by Crippen LogP contribution is -2.36. The van der Waals surface area contributed by atoms with Crippen LogP contribution in [0.15, 0.2) is 22.7 Å². The van der Waals surface area contributed by atoms with Crippen LogP contribution >= 0.6 is 15.9 Å². The molecule has 1 heterocycles. The fraction of sp³-hybridized carbons (Fsp3) is 0.571. The van der Waals surface area contributed by atoms with E-state index in [0.29, 0.717) is 5.92 Å². The second-order valence-corrected chi connectivity index (χ2v) is 5.81. The highest BCUT2D eigenvalue weighted by atomic mass is 79.9. The molecule has 0 spiro atoms. The van der Waals surface area contributed by atoms with Gasteiger partial charge in [-0.1, -0.05) is 15.9 Å². The third-order valence-electron chi connectivity index (χ3n) is 3.61. The van der Waals surface area contributed by atoms with Crippen molar-refractivity contribution in [3.63, 3.8) is 0 Å². The molecular weight excluding hydrogens is 294 g/mol. The molecule has 2 N–H and O–H groups in total. The first-order valence-electron chi connectivity index (χ1n) is 6.49. The lowest BCUT2D eigenvalue weighted by atomic mass is 9.94. The van der Waals surface area contributed by atoms with Gasteiger partial charge in [-0.3, -0.25) is 0 Å². The molecule has 1 aliphatic rings. The zero-order chi connectivity index (χ0) is 13.0. The number of hydrogen-bond acceptors (Lipinski definition) is 3. The molecule has 0 radical (unpaired) electrons. The van der Waals surface area contributed by atoms with Crippen molar-refractivity contribution in [3.8, 4) is 0 Å². The van der Waals surface area contributed by atoms with Gasteiger partial charge in [0, 0.05) is 35.4 Å². The molecule has 100 valence electrons. The second kappa shape index (κ2) is 6.55. The summed E-state index contributed by atoms with van der Waals surface area (Å²) < 4.78 is 0.999. The highest BCUT2D eigenvalue weighted by Gasteiger charge is 2.21. The number of rotatable bonds is 4. The monoisotopic (exact) mass is 313 g/mol. The number of aliphatic hydroxyl groups is 2. The maximum atomic E-state index is 9.46. The molecule has 0 bridgehead atoms. The van der Waals surface area contributed by atoms with Crippen LogP contribution in [0, 0.1) is 5.92 Å². The van der Waals surface area contributed by atoms with Gasteiger partial charge in [-0.2, -0.15) is 0 Å². The van der Waals surface area contributed by atoms with Crippen LogP contribution in [0.2, 0.25) is 0 Å². The van der Waals surface area contributed by atoms with Crippen LogP contribution in [0.3, 0.4) is 0 Å². The van der Waals surface area contributed by atoms with Crippen LogP contribution < -0.4 is 4.90 Å². The van der Waals surface area contributed by atoms with E-state index in [9.17, 15) is 5.11 Å². The third kappa shape index (κ3) is 3.25. The zero-order valence-electron chi connectivity index (χ0n) is 10.5. The van der Waals surface area contributed by atoms with Crippen molar-refractivity contribution in [2.75, 3.05) is 24.6 Å². The Morgan fingerprint density at radius 1 is 1.33 bits per heavy atom. The molecule has 1 aliphatic heterocycles. The smallest absolute Gasteiger partial charge is 0.0702 e. The minimum Gasteiger partial charge on any atom is -0.396 e. The lowest BCUT2D eigenvalue weighted by Gasteiger charge is -2.35. The molecule has 1 fully saturated rings. The largest absolute Gasteiger partial charge is 0.396 e. The topological polar surface area (TPSA) is 43.7 Å². The molecular formula is C14H20BrNO2. The average molecular weight is 314 g/mol. The summed E-state index contributed by atoms with van der Waals surface area (Å²) in [6, 6.07) is 6.06. The number of benzene rings is 1. The summed E-state index contributed by atoms with van der Waals surface area (Å²) in [6.07, 6.45) is 3.23. The highest BCUT2D eigenvalue weighted by molar-refractivity contribution is 9.10. The van der Waals surface area contributed by atoms with Gasteiger partial charge in [-0.25, -0.2) is 0 Å². The van der Waals surface area contributed by atoms with Gasteiger partial charge in [0.2, 0.25) is 0 Å². The molecule has 3 nitrogen and oxygen atoms in total. The van der Waals surface area contributed by atoms with Crippen LogP contribution in [-0.2, 0) is 6.61 Å². The van der Waals surface area contributed by atoms with E-state index in [1.54, 1.807) is 0 Å². The number of halogens is 1. The average Bonchev–Trinajstić information content (AvgIpc) is 2.39. The fourth-order valence-corrected chi connectivity index (χ4v) is 3.10. The summed E-state index contributed by atoms with van der Waals surface area (Å²) in [5.41, 5.74) is 2.09. The first kappa shape index (κ1) is 13.8. The predicted molar refractivity (Wildman–Crippen MR) is 76.7 cm³/mol. The molecule has 0 amide bonds. The van der Waals surface area contributed by atoms with Gasteiger partial charge in [0.15, 0.2) is 0 Å². The first-order chi connectivity index (χ1) is 8.74. The fourth-order valence-electron chi connectivity index (χ4n) is 2.69. The minimum atomic E-state index is 0.0654. The molecule has 2 rings (SSSR count). The molecule has 0 aromatic heterocycles. The Balaban J connectivity index is 2.15. The number of hydrogen-bond donors (Lipinski definition) is 2. The Morgan fingerprint density at radius 3 is 2.89 bits per heavy atom. The van der Waals surface area contributed by atoms with E-state index in [4.69, 9.17) is 5.11 Å². The van der Waals surface area contributed by atoms with Crippen LogP contribution in [0.5, 0.6) is 0 Å². The molecule has 1 aromatic carbocycles. The van der Waals surface area contributed by atoms with Gasteiger partial charge in [0.25, 0.3) is 0 Å². The Bertz CT molecular complexity index is 395. The maximum absolute atomic E-state index is 9.46. The van der Waals surface area contributed by atoms with Crippen LogP contribution in [-0.4, -0.2) is 29.9 Å². The summed E-state index contributed by atoms with van der Waals surface area (Å²) in [5, 5.41) is 18.5. The third-order valence-corrected chi connectivity index (χ3v) is 4.10. The van der Waals surface area contributed by atoms with Crippen molar-refractivity contribution in [2.45, 2.75) is 25.9 Å². The predicted octanol–water partition coefficient (Wildman–Crippen LogP) is 2.54. The van der Waals surface area contributed by atoms with E-state index in [1.807, 2.05) is 12.1 Å². The molecule has 4 heteroatoms. The molecule has 0 aliphatic carbocycles. The van der Waals surface area contributed by atoms with Crippen molar-refractivity contribution in [2.24, 2.45) is 5.92 Å². The normalized spacial score (nSPS) is 20.2. The van der Waals surface area contributed by atoms with Crippen LogP contribution in [0.1, 0.15) is 24.8 Å². The number of anilines is 1. The molecule has 1 saturated heterocycles.